The van der Waals surface area contributed by atoms with E-state index in [0.717, 1.165) is 21.6 Å². The molecule has 1 aromatic carbocycles. The van der Waals surface area contributed by atoms with Gasteiger partial charge in [0.2, 0.25) is 0 Å². The minimum atomic E-state index is -0.248. The molecular formula is C14H15N3O2. The highest BCUT2D eigenvalue weighted by Gasteiger charge is 1.99. The molecule has 1 heterocycles. The molecule has 0 saturated carbocycles. The first kappa shape index (κ1) is 12.9. The molecule has 2 rings (SSSR count). The number of aryl methyl sites for hydroxylation is 1. The number of hydrogen-bond acceptors (Lipinski definition) is 4. The lowest BCUT2D eigenvalue weighted by atomic mass is 10.2. The van der Waals surface area contributed by atoms with Gasteiger partial charge < -0.3 is 10.5 Å². The molecule has 98 valence electrons. The number of aromatic nitrogens is 1. The molecule has 0 saturated heterocycles. The van der Waals surface area contributed by atoms with Crippen molar-refractivity contribution in [2.75, 3.05) is 12.8 Å². The Bertz CT molecular complexity index is 657. The maximum absolute atomic E-state index is 11.7. The Balaban J connectivity index is 2.29. The summed E-state index contributed by atoms with van der Waals surface area (Å²) in [6.07, 6.45) is 1.58. The van der Waals surface area contributed by atoms with E-state index in [1.807, 2.05) is 31.2 Å². The van der Waals surface area contributed by atoms with Crippen molar-refractivity contribution in [2.45, 2.75) is 6.92 Å². The van der Waals surface area contributed by atoms with Gasteiger partial charge in [0.25, 0.3) is 5.56 Å². The molecular weight excluding hydrogens is 242 g/mol. The van der Waals surface area contributed by atoms with Crippen molar-refractivity contribution in [3.8, 4) is 5.75 Å². The molecule has 0 aliphatic carbocycles. The first-order chi connectivity index (χ1) is 9.10. The summed E-state index contributed by atoms with van der Waals surface area (Å²) in [5, 5.41) is 4.09. The van der Waals surface area contributed by atoms with E-state index >= 15 is 0 Å². The largest absolute Gasteiger partial charge is 0.497 e. The number of benzene rings is 1. The number of nitrogens with zero attached hydrogens (tertiary/aromatic N) is 2. The van der Waals surface area contributed by atoms with Crippen LogP contribution in [0.2, 0.25) is 0 Å². The molecule has 0 fully saturated rings. The van der Waals surface area contributed by atoms with Crippen molar-refractivity contribution in [1.29, 1.82) is 0 Å². The summed E-state index contributed by atoms with van der Waals surface area (Å²) in [5.74, 6) is 1.08. The summed E-state index contributed by atoms with van der Waals surface area (Å²) in [5.41, 5.74) is 7.19. The zero-order valence-electron chi connectivity index (χ0n) is 10.8. The van der Waals surface area contributed by atoms with Crippen LogP contribution in [-0.4, -0.2) is 18.0 Å². The van der Waals surface area contributed by atoms with Gasteiger partial charge in [-0.05, 0) is 48.4 Å². The molecule has 0 aliphatic rings. The first-order valence-electron chi connectivity index (χ1n) is 5.78. The Hall–Kier alpha value is -2.56. The first-order valence-corrected chi connectivity index (χ1v) is 5.78. The standard InChI is InChI=1S/C14H15N3O2/c1-10-7-13(15)17(14(18)8-10)16-9-11-3-5-12(19-2)6-4-11/h3-9H,15H2,1-2H3/b16-9-. The van der Waals surface area contributed by atoms with Gasteiger partial charge in [0.05, 0.1) is 13.3 Å². The molecule has 0 aliphatic heterocycles. The van der Waals surface area contributed by atoms with Gasteiger partial charge in [0.15, 0.2) is 0 Å². The van der Waals surface area contributed by atoms with Crippen molar-refractivity contribution in [3.63, 3.8) is 0 Å². The Morgan fingerprint density at radius 2 is 1.95 bits per heavy atom. The molecule has 5 nitrogen and oxygen atoms in total. The SMILES string of the molecule is COc1ccc(/C=N\n2c(N)cc(C)cc2=O)cc1. The van der Waals surface area contributed by atoms with Crippen LogP contribution in [0.25, 0.3) is 0 Å². The van der Waals surface area contributed by atoms with Crippen molar-refractivity contribution >= 4 is 12.0 Å². The summed E-state index contributed by atoms with van der Waals surface area (Å²) in [6.45, 7) is 1.81. The molecule has 0 amide bonds. The van der Waals surface area contributed by atoms with Crippen LogP contribution in [-0.2, 0) is 0 Å². The van der Waals surface area contributed by atoms with Gasteiger partial charge in [-0.1, -0.05) is 0 Å². The van der Waals surface area contributed by atoms with Gasteiger partial charge in [-0.2, -0.15) is 9.78 Å². The Labute approximate surface area is 110 Å². The molecule has 0 unspecified atom stereocenters. The number of nitrogens with two attached hydrogens (primary N) is 1. The highest BCUT2D eigenvalue weighted by Crippen LogP contribution is 2.10. The minimum absolute atomic E-state index is 0.248. The number of anilines is 1. The fraction of sp³-hybridized carbons (Fsp3) is 0.143. The third kappa shape index (κ3) is 3.01. The van der Waals surface area contributed by atoms with E-state index in [2.05, 4.69) is 5.10 Å². The van der Waals surface area contributed by atoms with Crippen LogP contribution in [0.1, 0.15) is 11.1 Å². The lowest BCUT2D eigenvalue weighted by molar-refractivity contribution is 0.415. The fourth-order valence-electron chi connectivity index (χ4n) is 1.66. The summed E-state index contributed by atoms with van der Waals surface area (Å²) < 4.78 is 6.23. The number of hydrogen-bond donors (Lipinski definition) is 1. The van der Waals surface area contributed by atoms with Crippen LogP contribution < -0.4 is 16.0 Å². The number of pyridine rings is 1. The third-order valence-electron chi connectivity index (χ3n) is 2.62. The molecule has 1 aromatic heterocycles. The zero-order chi connectivity index (χ0) is 13.8. The average Bonchev–Trinajstić information content (AvgIpc) is 2.38. The molecule has 5 heteroatoms. The number of rotatable bonds is 3. The van der Waals surface area contributed by atoms with E-state index in [4.69, 9.17) is 10.5 Å². The van der Waals surface area contributed by atoms with Crippen molar-refractivity contribution in [1.82, 2.24) is 4.68 Å². The van der Waals surface area contributed by atoms with E-state index in [1.165, 1.54) is 6.07 Å². The van der Waals surface area contributed by atoms with Gasteiger partial charge >= 0.3 is 0 Å². The van der Waals surface area contributed by atoms with Crippen LogP contribution in [0.3, 0.4) is 0 Å². The molecule has 2 N–H and O–H groups in total. The lowest BCUT2D eigenvalue weighted by Gasteiger charge is -2.04. The maximum atomic E-state index is 11.7. The van der Waals surface area contributed by atoms with Crippen LogP contribution in [0.15, 0.2) is 46.3 Å². The molecule has 0 bridgehead atoms. The number of ether oxygens (including phenoxy) is 1. The number of nitrogen functional groups attached to an aromatic ring is 1. The molecule has 0 spiro atoms. The predicted molar refractivity (Wildman–Crippen MR) is 75.8 cm³/mol. The summed E-state index contributed by atoms with van der Waals surface area (Å²) in [7, 11) is 1.61. The van der Waals surface area contributed by atoms with E-state index in [0.29, 0.717) is 5.82 Å². The van der Waals surface area contributed by atoms with Crippen LogP contribution in [0, 0.1) is 6.92 Å². The van der Waals surface area contributed by atoms with E-state index < -0.39 is 0 Å². The summed E-state index contributed by atoms with van der Waals surface area (Å²) in [6, 6.07) is 10.5. The lowest BCUT2D eigenvalue weighted by Crippen LogP contribution is -2.19. The fourth-order valence-corrected chi connectivity index (χ4v) is 1.66. The normalized spacial score (nSPS) is 10.8. The predicted octanol–water partition coefficient (Wildman–Crippen LogP) is 1.63. The van der Waals surface area contributed by atoms with Crippen molar-refractivity contribution in [3.05, 3.63) is 57.9 Å². The molecule has 0 radical (unpaired) electrons. The quantitative estimate of drug-likeness (QED) is 0.850. The van der Waals surface area contributed by atoms with Crippen LogP contribution >= 0.6 is 0 Å². The smallest absolute Gasteiger partial charge is 0.273 e. The summed E-state index contributed by atoms with van der Waals surface area (Å²) >= 11 is 0. The maximum Gasteiger partial charge on any atom is 0.273 e. The minimum Gasteiger partial charge on any atom is -0.497 e. The van der Waals surface area contributed by atoms with E-state index in [1.54, 1.807) is 19.4 Å². The van der Waals surface area contributed by atoms with Gasteiger partial charge in [0.1, 0.15) is 11.6 Å². The van der Waals surface area contributed by atoms with E-state index in [9.17, 15) is 4.79 Å². The third-order valence-corrected chi connectivity index (χ3v) is 2.62. The average molecular weight is 257 g/mol. The Morgan fingerprint density at radius 1 is 1.26 bits per heavy atom. The Kier molecular flexibility index (Phi) is 3.66. The van der Waals surface area contributed by atoms with Crippen molar-refractivity contribution in [2.24, 2.45) is 5.10 Å². The molecule has 19 heavy (non-hydrogen) atoms. The van der Waals surface area contributed by atoms with Crippen LogP contribution in [0.4, 0.5) is 5.82 Å². The van der Waals surface area contributed by atoms with Gasteiger partial charge in [0, 0.05) is 6.07 Å². The summed E-state index contributed by atoms with van der Waals surface area (Å²) in [4.78, 5) is 11.7. The van der Waals surface area contributed by atoms with Gasteiger partial charge in [-0.25, -0.2) is 0 Å². The Morgan fingerprint density at radius 3 is 2.53 bits per heavy atom. The second-order valence-electron chi connectivity index (χ2n) is 4.13. The van der Waals surface area contributed by atoms with Gasteiger partial charge in [-0.3, -0.25) is 4.79 Å². The van der Waals surface area contributed by atoms with Gasteiger partial charge in [-0.15, -0.1) is 0 Å². The zero-order valence-corrected chi connectivity index (χ0v) is 10.8. The highest BCUT2D eigenvalue weighted by atomic mass is 16.5. The molecule has 2 aromatic rings. The monoisotopic (exact) mass is 257 g/mol. The van der Waals surface area contributed by atoms with E-state index in [-0.39, 0.29) is 5.56 Å². The van der Waals surface area contributed by atoms with Crippen LogP contribution in [0.5, 0.6) is 5.75 Å². The highest BCUT2D eigenvalue weighted by molar-refractivity contribution is 5.79. The topological polar surface area (TPSA) is 69.6 Å². The second kappa shape index (κ2) is 5.39. The van der Waals surface area contributed by atoms with Crippen molar-refractivity contribution < 1.29 is 4.74 Å². The number of methoxy groups -OCH3 is 1. The molecule has 0 atom stereocenters. The second-order valence-corrected chi connectivity index (χ2v) is 4.13.